The topological polar surface area (TPSA) is 72.2 Å². The SMILES string of the molecule is Cc1ccccc1NC(=O)/C(=C/c1cccc([N+](=O)[O-])c1)c1ccccc1. The van der Waals surface area contributed by atoms with Crippen molar-refractivity contribution in [2.75, 3.05) is 5.32 Å². The third-order valence-corrected chi connectivity index (χ3v) is 4.11. The molecular formula is C22H18N2O3. The van der Waals surface area contributed by atoms with Gasteiger partial charge in [0.1, 0.15) is 0 Å². The Morgan fingerprint density at radius 1 is 0.963 bits per heavy atom. The highest BCUT2D eigenvalue weighted by Gasteiger charge is 2.14. The number of non-ortho nitro benzene ring substituents is 1. The monoisotopic (exact) mass is 358 g/mol. The second-order valence-electron chi connectivity index (χ2n) is 6.05. The number of amides is 1. The van der Waals surface area contributed by atoms with Crippen molar-refractivity contribution in [2.45, 2.75) is 6.92 Å². The molecule has 0 unspecified atom stereocenters. The molecule has 3 rings (SSSR count). The number of anilines is 1. The molecule has 0 spiro atoms. The minimum atomic E-state index is -0.451. The third-order valence-electron chi connectivity index (χ3n) is 4.11. The van der Waals surface area contributed by atoms with Gasteiger partial charge in [0.2, 0.25) is 0 Å². The van der Waals surface area contributed by atoms with E-state index in [-0.39, 0.29) is 11.6 Å². The van der Waals surface area contributed by atoms with Crippen molar-refractivity contribution in [2.24, 2.45) is 0 Å². The Morgan fingerprint density at radius 2 is 1.67 bits per heavy atom. The molecule has 0 aliphatic carbocycles. The summed E-state index contributed by atoms with van der Waals surface area (Å²) in [5.41, 5.74) is 3.41. The first kappa shape index (κ1) is 18.1. The van der Waals surface area contributed by atoms with Crippen LogP contribution in [0.5, 0.6) is 0 Å². The van der Waals surface area contributed by atoms with Crippen molar-refractivity contribution in [1.82, 2.24) is 0 Å². The quantitative estimate of drug-likeness (QED) is 0.299. The van der Waals surface area contributed by atoms with Crippen LogP contribution in [-0.4, -0.2) is 10.8 Å². The first-order valence-corrected chi connectivity index (χ1v) is 8.43. The highest BCUT2D eigenvalue weighted by molar-refractivity contribution is 6.29. The second kappa shape index (κ2) is 8.10. The molecule has 3 aromatic rings. The van der Waals surface area contributed by atoms with Crippen LogP contribution in [0.15, 0.2) is 78.9 Å². The lowest BCUT2D eigenvalue weighted by molar-refractivity contribution is -0.384. The van der Waals surface area contributed by atoms with E-state index in [1.165, 1.54) is 12.1 Å². The fourth-order valence-corrected chi connectivity index (χ4v) is 2.70. The Balaban J connectivity index is 2.01. The van der Waals surface area contributed by atoms with Gasteiger partial charge in [0.15, 0.2) is 0 Å². The molecule has 0 aliphatic heterocycles. The minimum Gasteiger partial charge on any atom is -0.322 e. The summed E-state index contributed by atoms with van der Waals surface area (Å²) in [6.07, 6.45) is 1.66. The van der Waals surface area contributed by atoms with Crippen LogP contribution in [0.3, 0.4) is 0 Å². The van der Waals surface area contributed by atoms with Gasteiger partial charge in [-0.05, 0) is 35.8 Å². The van der Waals surface area contributed by atoms with Crippen LogP contribution in [-0.2, 0) is 4.79 Å². The number of aryl methyl sites for hydroxylation is 1. The van der Waals surface area contributed by atoms with E-state index in [4.69, 9.17) is 0 Å². The van der Waals surface area contributed by atoms with Crippen LogP contribution in [0.2, 0.25) is 0 Å². The molecule has 5 nitrogen and oxygen atoms in total. The lowest BCUT2D eigenvalue weighted by atomic mass is 10.0. The number of rotatable bonds is 5. The predicted octanol–water partition coefficient (Wildman–Crippen LogP) is 5.08. The third kappa shape index (κ3) is 4.46. The number of nitrogens with one attached hydrogen (secondary N) is 1. The molecule has 5 heteroatoms. The summed E-state index contributed by atoms with van der Waals surface area (Å²) in [5, 5.41) is 14.0. The van der Waals surface area contributed by atoms with Crippen molar-refractivity contribution >= 4 is 28.9 Å². The van der Waals surface area contributed by atoms with E-state index in [0.717, 1.165) is 16.8 Å². The van der Waals surface area contributed by atoms with Crippen molar-refractivity contribution in [3.63, 3.8) is 0 Å². The molecule has 0 saturated heterocycles. The molecule has 0 aromatic heterocycles. The van der Waals surface area contributed by atoms with Crippen molar-refractivity contribution in [1.29, 1.82) is 0 Å². The molecule has 1 amide bonds. The fraction of sp³-hybridized carbons (Fsp3) is 0.0455. The lowest BCUT2D eigenvalue weighted by Crippen LogP contribution is -2.14. The van der Waals surface area contributed by atoms with Crippen molar-refractivity contribution in [3.05, 3.63) is 106 Å². The molecule has 0 atom stereocenters. The number of nitro groups is 1. The van der Waals surface area contributed by atoms with Gasteiger partial charge in [0.25, 0.3) is 11.6 Å². The summed E-state index contributed by atoms with van der Waals surface area (Å²) in [6, 6.07) is 23.0. The zero-order valence-electron chi connectivity index (χ0n) is 14.8. The van der Waals surface area contributed by atoms with E-state index in [9.17, 15) is 14.9 Å². The summed E-state index contributed by atoms with van der Waals surface area (Å²) >= 11 is 0. The number of nitrogens with zero attached hydrogens (tertiary/aromatic N) is 1. The number of hydrogen-bond donors (Lipinski definition) is 1. The van der Waals surface area contributed by atoms with Gasteiger partial charge in [-0.15, -0.1) is 0 Å². The Kier molecular flexibility index (Phi) is 5.42. The molecule has 0 heterocycles. The van der Waals surface area contributed by atoms with Gasteiger partial charge in [-0.1, -0.05) is 60.7 Å². The number of carbonyl (C=O) groups is 1. The maximum absolute atomic E-state index is 13.0. The summed E-state index contributed by atoms with van der Waals surface area (Å²) < 4.78 is 0. The molecule has 0 saturated carbocycles. The van der Waals surface area contributed by atoms with Crippen molar-refractivity contribution < 1.29 is 9.72 Å². The summed E-state index contributed by atoms with van der Waals surface area (Å²) in [4.78, 5) is 23.6. The number of carbonyl (C=O) groups excluding carboxylic acids is 1. The van der Waals surface area contributed by atoms with Gasteiger partial charge in [0, 0.05) is 23.4 Å². The van der Waals surface area contributed by atoms with E-state index in [1.807, 2.05) is 61.5 Å². The number of nitro benzene ring substituents is 1. The van der Waals surface area contributed by atoms with Gasteiger partial charge >= 0.3 is 0 Å². The molecule has 27 heavy (non-hydrogen) atoms. The van der Waals surface area contributed by atoms with E-state index in [2.05, 4.69) is 5.32 Å². The molecule has 0 bridgehead atoms. The molecule has 0 radical (unpaired) electrons. The van der Waals surface area contributed by atoms with Crippen LogP contribution in [0.1, 0.15) is 16.7 Å². The predicted molar refractivity (Wildman–Crippen MR) is 107 cm³/mol. The molecular weight excluding hydrogens is 340 g/mol. The second-order valence-corrected chi connectivity index (χ2v) is 6.05. The number of hydrogen-bond acceptors (Lipinski definition) is 3. The first-order chi connectivity index (χ1) is 13.0. The van der Waals surface area contributed by atoms with Gasteiger partial charge in [0.05, 0.1) is 4.92 Å². The number of para-hydroxylation sites is 1. The highest BCUT2D eigenvalue weighted by atomic mass is 16.6. The van der Waals surface area contributed by atoms with Crippen LogP contribution < -0.4 is 5.32 Å². The van der Waals surface area contributed by atoms with Crippen LogP contribution in [0, 0.1) is 17.0 Å². The van der Waals surface area contributed by atoms with E-state index in [1.54, 1.807) is 18.2 Å². The van der Waals surface area contributed by atoms with Crippen LogP contribution in [0.25, 0.3) is 11.6 Å². The highest BCUT2D eigenvalue weighted by Crippen LogP contribution is 2.23. The minimum absolute atomic E-state index is 0.0181. The molecule has 134 valence electrons. The molecule has 1 N–H and O–H groups in total. The zero-order chi connectivity index (χ0) is 19.2. The van der Waals surface area contributed by atoms with E-state index < -0.39 is 4.92 Å². The average molecular weight is 358 g/mol. The molecule has 3 aromatic carbocycles. The van der Waals surface area contributed by atoms with Gasteiger partial charge in [-0.2, -0.15) is 0 Å². The van der Waals surface area contributed by atoms with Gasteiger partial charge in [-0.3, -0.25) is 14.9 Å². The Hall–Kier alpha value is -3.73. The summed E-state index contributed by atoms with van der Waals surface area (Å²) in [7, 11) is 0. The zero-order valence-corrected chi connectivity index (χ0v) is 14.8. The van der Waals surface area contributed by atoms with Crippen molar-refractivity contribution in [3.8, 4) is 0 Å². The Labute approximate surface area is 157 Å². The molecule has 0 aliphatic rings. The lowest BCUT2D eigenvalue weighted by Gasteiger charge is -2.11. The Bertz CT molecular complexity index is 1010. The van der Waals surface area contributed by atoms with E-state index in [0.29, 0.717) is 11.1 Å². The standard InChI is InChI=1S/C22H18N2O3/c1-16-8-5-6-13-21(16)23-22(25)20(18-10-3-2-4-11-18)15-17-9-7-12-19(14-17)24(26)27/h2-15H,1H3,(H,23,25)/b20-15+. The average Bonchev–Trinajstić information content (AvgIpc) is 2.68. The largest absolute Gasteiger partial charge is 0.322 e. The van der Waals surface area contributed by atoms with Crippen LogP contribution in [0.4, 0.5) is 11.4 Å². The van der Waals surface area contributed by atoms with E-state index >= 15 is 0 Å². The fourth-order valence-electron chi connectivity index (χ4n) is 2.70. The first-order valence-electron chi connectivity index (χ1n) is 8.43. The summed E-state index contributed by atoms with van der Waals surface area (Å²) in [6.45, 7) is 1.92. The van der Waals surface area contributed by atoms with Gasteiger partial charge in [-0.25, -0.2) is 0 Å². The summed E-state index contributed by atoms with van der Waals surface area (Å²) in [5.74, 6) is -0.276. The molecule has 0 fully saturated rings. The normalized spacial score (nSPS) is 11.1. The Morgan fingerprint density at radius 3 is 2.37 bits per heavy atom. The smallest absolute Gasteiger partial charge is 0.270 e. The maximum Gasteiger partial charge on any atom is 0.270 e. The number of benzene rings is 3. The van der Waals surface area contributed by atoms with Gasteiger partial charge < -0.3 is 5.32 Å². The van der Waals surface area contributed by atoms with Crippen LogP contribution >= 0.6 is 0 Å². The maximum atomic E-state index is 13.0.